The van der Waals surface area contributed by atoms with Crippen LogP contribution in [0.3, 0.4) is 0 Å². The van der Waals surface area contributed by atoms with Crippen molar-refractivity contribution in [2.75, 3.05) is 13.6 Å². The van der Waals surface area contributed by atoms with Gasteiger partial charge in [-0.15, -0.1) is 0 Å². The van der Waals surface area contributed by atoms with E-state index in [0.717, 1.165) is 16.6 Å². The molecular formula is C15H17N3O2. The Morgan fingerprint density at radius 1 is 1.20 bits per heavy atom. The summed E-state index contributed by atoms with van der Waals surface area (Å²) in [4.78, 5) is 28.4. The molecule has 0 atom stereocenters. The topological polar surface area (TPSA) is 76.3 Å². The monoisotopic (exact) mass is 271 g/mol. The Morgan fingerprint density at radius 3 is 2.70 bits per heavy atom. The van der Waals surface area contributed by atoms with Crippen molar-refractivity contribution in [3.8, 4) is 0 Å². The maximum absolute atomic E-state index is 11.8. The number of para-hydroxylation sites is 1. The number of nitrogens with two attached hydrogens (primary N) is 1. The van der Waals surface area contributed by atoms with Gasteiger partial charge in [0.25, 0.3) is 0 Å². The summed E-state index contributed by atoms with van der Waals surface area (Å²) in [5.41, 5.74) is 6.84. The van der Waals surface area contributed by atoms with Crippen molar-refractivity contribution in [3.63, 3.8) is 0 Å². The van der Waals surface area contributed by atoms with Gasteiger partial charge in [-0.25, -0.2) is 0 Å². The van der Waals surface area contributed by atoms with Gasteiger partial charge in [-0.3, -0.25) is 14.6 Å². The zero-order chi connectivity index (χ0) is 14.5. The molecule has 1 heterocycles. The summed E-state index contributed by atoms with van der Waals surface area (Å²) in [6.45, 7) is -0.0516. The minimum atomic E-state index is -0.510. The number of fused-ring (bicyclic) bond motifs is 1. The fourth-order valence-electron chi connectivity index (χ4n) is 2.00. The molecule has 1 aromatic carbocycles. The zero-order valence-corrected chi connectivity index (χ0v) is 11.4. The zero-order valence-electron chi connectivity index (χ0n) is 11.4. The van der Waals surface area contributed by atoms with Crippen LogP contribution in [0, 0.1) is 0 Å². The number of carbonyl (C=O) groups excluding carboxylic acids is 2. The molecular weight excluding hydrogens is 254 g/mol. The van der Waals surface area contributed by atoms with Crippen LogP contribution < -0.4 is 5.73 Å². The number of aromatic nitrogens is 1. The molecule has 0 unspecified atom stereocenters. The standard InChI is InChI=1S/C15H17N3O2/c1-18(10-14(16)19)15(20)9-8-12-7-6-11-4-2-3-5-13(11)17-12/h2-7H,8-10H2,1H3,(H2,16,19). The molecule has 0 fully saturated rings. The Balaban J connectivity index is 1.98. The van der Waals surface area contributed by atoms with Crippen molar-refractivity contribution >= 4 is 22.7 Å². The largest absolute Gasteiger partial charge is 0.368 e. The Kier molecular flexibility index (Phi) is 4.30. The molecule has 0 saturated heterocycles. The number of hydrogen-bond donors (Lipinski definition) is 1. The van der Waals surface area contributed by atoms with E-state index in [0.29, 0.717) is 12.8 Å². The van der Waals surface area contributed by atoms with Gasteiger partial charge in [-0.05, 0) is 18.6 Å². The number of benzene rings is 1. The highest BCUT2D eigenvalue weighted by molar-refractivity contribution is 5.83. The van der Waals surface area contributed by atoms with Crippen molar-refractivity contribution in [1.82, 2.24) is 9.88 Å². The molecule has 2 N–H and O–H groups in total. The summed E-state index contributed by atoms with van der Waals surface area (Å²) in [5.74, 6) is -0.622. The maximum atomic E-state index is 11.8. The third kappa shape index (κ3) is 3.54. The van der Waals surface area contributed by atoms with E-state index in [-0.39, 0.29) is 12.5 Å². The first-order chi connectivity index (χ1) is 9.56. The second-order valence-corrected chi connectivity index (χ2v) is 4.71. The minimum absolute atomic E-state index is 0.0516. The Labute approximate surface area is 117 Å². The number of aryl methyl sites for hydroxylation is 1. The second kappa shape index (κ2) is 6.14. The third-order valence-corrected chi connectivity index (χ3v) is 3.07. The van der Waals surface area contributed by atoms with Gasteiger partial charge in [0.1, 0.15) is 0 Å². The van der Waals surface area contributed by atoms with E-state index in [4.69, 9.17) is 5.73 Å². The number of primary amides is 1. The van der Waals surface area contributed by atoms with Gasteiger partial charge in [0.2, 0.25) is 11.8 Å². The summed E-state index contributed by atoms with van der Waals surface area (Å²) >= 11 is 0. The Hall–Kier alpha value is -2.43. The van der Waals surface area contributed by atoms with E-state index in [1.165, 1.54) is 4.90 Å². The first kappa shape index (κ1) is 14.0. The summed E-state index contributed by atoms with van der Waals surface area (Å²) in [5, 5.41) is 1.08. The fraction of sp³-hybridized carbons (Fsp3) is 0.267. The number of carbonyl (C=O) groups is 2. The second-order valence-electron chi connectivity index (χ2n) is 4.71. The van der Waals surface area contributed by atoms with Crippen LogP contribution in [-0.4, -0.2) is 35.3 Å². The minimum Gasteiger partial charge on any atom is -0.368 e. The lowest BCUT2D eigenvalue weighted by Gasteiger charge is -2.14. The lowest BCUT2D eigenvalue weighted by atomic mass is 10.1. The quantitative estimate of drug-likeness (QED) is 0.885. The van der Waals surface area contributed by atoms with E-state index in [1.807, 2.05) is 36.4 Å². The van der Waals surface area contributed by atoms with Crippen LogP contribution >= 0.6 is 0 Å². The van der Waals surface area contributed by atoms with Crippen LogP contribution in [0.4, 0.5) is 0 Å². The smallest absolute Gasteiger partial charge is 0.237 e. The average molecular weight is 271 g/mol. The molecule has 0 spiro atoms. The molecule has 0 saturated carbocycles. The van der Waals surface area contributed by atoms with E-state index in [2.05, 4.69) is 4.98 Å². The summed E-state index contributed by atoms with van der Waals surface area (Å²) in [6, 6.07) is 11.8. The molecule has 0 radical (unpaired) electrons. The summed E-state index contributed by atoms with van der Waals surface area (Å²) < 4.78 is 0. The van der Waals surface area contributed by atoms with Gasteiger partial charge in [0.15, 0.2) is 0 Å². The van der Waals surface area contributed by atoms with Crippen LogP contribution in [0.25, 0.3) is 10.9 Å². The fourth-order valence-corrected chi connectivity index (χ4v) is 2.00. The van der Waals surface area contributed by atoms with Gasteiger partial charge in [-0.1, -0.05) is 24.3 Å². The summed E-state index contributed by atoms with van der Waals surface area (Å²) in [7, 11) is 1.57. The van der Waals surface area contributed by atoms with Crippen LogP contribution in [0.15, 0.2) is 36.4 Å². The Bertz CT molecular complexity index is 640. The molecule has 0 aliphatic carbocycles. The predicted molar refractivity (Wildman–Crippen MR) is 76.9 cm³/mol. The van der Waals surface area contributed by atoms with Crippen molar-refractivity contribution in [3.05, 3.63) is 42.1 Å². The number of likely N-dealkylation sites (N-methyl/N-ethyl adjacent to an activating group) is 1. The molecule has 104 valence electrons. The molecule has 2 amide bonds. The molecule has 5 nitrogen and oxygen atoms in total. The molecule has 5 heteroatoms. The van der Waals surface area contributed by atoms with Gasteiger partial charge in [0, 0.05) is 24.5 Å². The maximum Gasteiger partial charge on any atom is 0.237 e. The highest BCUT2D eigenvalue weighted by Crippen LogP contribution is 2.12. The van der Waals surface area contributed by atoms with Crippen molar-refractivity contribution in [2.45, 2.75) is 12.8 Å². The number of rotatable bonds is 5. The van der Waals surface area contributed by atoms with E-state index >= 15 is 0 Å². The molecule has 2 aromatic rings. The lowest BCUT2D eigenvalue weighted by Crippen LogP contribution is -2.35. The number of nitrogens with zero attached hydrogens (tertiary/aromatic N) is 2. The number of hydrogen-bond acceptors (Lipinski definition) is 3. The SMILES string of the molecule is CN(CC(N)=O)C(=O)CCc1ccc2ccccc2n1. The van der Waals surface area contributed by atoms with Crippen molar-refractivity contribution < 1.29 is 9.59 Å². The van der Waals surface area contributed by atoms with Crippen LogP contribution in [0.5, 0.6) is 0 Å². The van der Waals surface area contributed by atoms with Crippen LogP contribution in [0.1, 0.15) is 12.1 Å². The summed E-state index contributed by atoms with van der Waals surface area (Å²) in [6.07, 6.45) is 0.863. The first-order valence-corrected chi connectivity index (χ1v) is 6.43. The molecule has 20 heavy (non-hydrogen) atoms. The van der Waals surface area contributed by atoms with Crippen LogP contribution in [-0.2, 0) is 16.0 Å². The van der Waals surface area contributed by atoms with Gasteiger partial charge < -0.3 is 10.6 Å². The molecule has 0 aliphatic heterocycles. The number of amides is 2. The molecule has 1 aromatic heterocycles. The predicted octanol–water partition coefficient (Wildman–Crippen LogP) is 1.11. The van der Waals surface area contributed by atoms with E-state index in [9.17, 15) is 9.59 Å². The van der Waals surface area contributed by atoms with E-state index < -0.39 is 5.91 Å². The third-order valence-electron chi connectivity index (χ3n) is 3.07. The van der Waals surface area contributed by atoms with Gasteiger partial charge in [0.05, 0.1) is 12.1 Å². The first-order valence-electron chi connectivity index (χ1n) is 6.43. The van der Waals surface area contributed by atoms with E-state index in [1.54, 1.807) is 7.05 Å². The average Bonchev–Trinajstić information content (AvgIpc) is 2.43. The van der Waals surface area contributed by atoms with Gasteiger partial charge in [-0.2, -0.15) is 0 Å². The van der Waals surface area contributed by atoms with Crippen LogP contribution in [0.2, 0.25) is 0 Å². The molecule has 0 aliphatic rings. The van der Waals surface area contributed by atoms with Gasteiger partial charge >= 0.3 is 0 Å². The lowest BCUT2D eigenvalue weighted by molar-refractivity contribution is -0.133. The normalized spacial score (nSPS) is 10.4. The molecule has 2 rings (SSSR count). The van der Waals surface area contributed by atoms with Crippen molar-refractivity contribution in [1.29, 1.82) is 0 Å². The number of pyridine rings is 1. The highest BCUT2D eigenvalue weighted by atomic mass is 16.2. The Morgan fingerprint density at radius 2 is 1.95 bits per heavy atom. The van der Waals surface area contributed by atoms with Crippen molar-refractivity contribution in [2.24, 2.45) is 5.73 Å². The highest BCUT2D eigenvalue weighted by Gasteiger charge is 2.11. The molecule has 0 bridgehead atoms.